The van der Waals surface area contributed by atoms with Gasteiger partial charge in [0.15, 0.2) is 0 Å². The van der Waals surface area contributed by atoms with Crippen LogP contribution in [0.2, 0.25) is 0 Å². The molecule has 0 aromatic rings. The summed E-state index contributed by atoms with van der Waals surface area (Å²) in [5.41, 5.74) is -0.00876. The summed E-state index contributed by atoms with van der Waals surface area (Å²) in [5.74, 6) is 0. The summed E-state index contributed by atoms with van der Waals surface area (Å²) >= 11 is 0. The monoisotopic (exact) mass is 255 g/mol. The fraction of sp³-hybridized carbons (Fsp3) is 0.933. The summed E-state index contributed by atoms with van der Waals surface area (Å²) in [4.78, 5) is 13.8. The lowest BCUT2D eigenvalue weighted by atomic mass is 9.72. The summed E-state index contributed by atoms with van der Waals surface area (Å²) in [5, 5.41) is 0. The molecule has 1 aliphatic heterocycles. The molecule has 1 amide bonds. The number of rotatable bonds is 5. The zero-order chi connectivity index (χ0) is 13.8. The fourth-order valence-corrected chi connectivity index (χ4v) is 2.74. The average molecular weight is 255 g/mol. The van der Waals surface area contributed by atoms with Gasteiger partial charge in [0.2, 0.25) is 0 Å². The number of hydrogen-bond acceptors (Lipinski definition) is 2. The van der Waals surface area contributed by atoms with Gasteiger partial charge in [-0.3, -0.25) is 0 Å². The van der Waals surface area contributed by atoms with Gasteiger partial charge in [-0.15, -0.1) is 0 Å². The lowest BCUT2D eigenvalue weighted by molar-refractivity contribution is -0.0420. The second kappa shape index (κ2) is 5.94. The van der Waals surface area contributed by atoms with Crippen LogP contribution in [0.1, 0.15) is 66.7 Å². The number of amides is 1. The van der Waals surface area contributed by atoms with Crippen molar-refractivity contribution in [1.29, 1.82) is 0 Å². The maximum atomic E-state index is 11.9. The molecule has 0 saturated carbocycles. The van der Waals surface area contributed by atoms with Crippen LogP contribution in [0.15, 0.2) is 0 Å². The maximum Gasteiger partial charge on any atom is 0.410 e. The second-order valence-electron chi connectivity index (χ2n) is 6.69. The van der Waals surface area contributed by atoms with E-state index in [-0.39, 0.29) is 11.7 Å². The van der Waals surface area contributed by atoms with Gasteiger partial charge in [0.25, 0.3) is 0 Å². The third-order valence-electron chi connectivity index (χ3n) is 3.55. The maximum absolute atomic E-state index is 11.9. The van der Waals surface area contributed by atoms with E-state index in [1.165, 1.54) is 32.1 Å². The third kappa shape index (κ3) is 4.18. The Balaban J connectivity index is 2.45. The van der Waals surface area contributed by atoms with E-state index in [4.69, 9.17) is 4.74 Å². The third-order valence-corrected chi connectivity index (χ3v) is 3.55. The highest BCUT2D eigenvalue weighted by molar-refractivity contribution is 5.69. The number of likely N-dealkylation sites (tertiary alicyclic amines) is 1. The first-order chi connectivity index (χ1) is 8.32. The topological polar surface area (TPSA) is 29.5 Å². The molecule has 1 saturated heterocycles. The average Bonchev–Trinajstić information content (AvgIpc) is 2.18. The molecule has 0 unspecified atom stereocenters. The Bertz CT molecular complexity index is 275. The van der Waals surface area contributed by atoms with Crippen LogP contribution in [0.3, 0.4) is 0 Å². The lowest BCUT2D eigenvalue weighted by Gasteiger charge is -2.50. The van der Waals surface area contributed by atoms with Gasteiger partial charge in [-0.25, -0.2) is 4.79 Å². The van der Waals surface area contributed by atoms with Crippen LogP contribution in [0.5, 0.6) is 0 Å². The normalized spacial score (nSPS) is 18.4. The second-order valence-corrected chi connectivity index (χ2v) is 6.69. The van der Waals surface area contributed by atoms with Gasteiger partial charge in [-0.05, 0) is 33.6 Å². The molecule has 0 N–H and O–H groups in total. The molecule has 18 heavy (non-hydrogen) atoms. The van der Waals surface area contributed by atoms with Crippen molar-refractivity contribution in [3.05, 3.63) is 0 Å². The van der Waals surface area contributed by atoms with Crippen molar-refractivity contribution in [2.75, 3.05) is 13.1 Å². The number of hydrogen-bond donors (Lipinski definition) is 0. The van der Waals surface area contributed by atoms with E-state index in [0.29, 0.717) is 5.41 Å². The molecule has 1 rings (SSSR count). The molecule has 0 atom stereocenters. The molecule has 0 aromatic heterocycles. The quantitative estimate of drug-likeness (QED) is 0.736. The number of carbonyl (C=O) groups excluding carboxylic acids is 1. The molecule has 3 heteroatoms. The van der Waals surface area contributed by atoms with Crippen LogP contribution in [0, 0.1) is 5.41 Å². The zero-order valence-corrected chi connectivity index (χ0v) is 12.7. The van der Waals surface area contributed by atoms with E-state index in [9.17, 15) is 4.79 Å². The van der Waals surface area contributed by atoms with Crippen molar-refractivity contribution in [2.24, 2.45) is 5.41 Å². The first-order valence-electron chi connectivity index (χ1n) is 7.30. The van der Waals surface area contributed by atoms with Gasteiger partial charge >= 0.3 is 6.09 Å². The smallest absolute Gasteiger partial charge is 0.410 e. The Kier molecular flexibility index (Phi) is 5.06. The molecule has 1 heterocycles. The SMILES string of the molecule is CCCCC1(CCC)CN(C(=O)OC(C)(C)C)C1. The predicted octanol–water partition coefficient (Wildman–Crippen LogP) is 4.21. The first-order valence-corrected chi connectivity index (χ1v) is 7.30. The molecule has 0 aliphatic carbocycles. The number of carbonyl (C=O) groups is 1. The number of ether oxygens (including phenoxy) is 1. The van der Waals surface area contributed by atoms with Gasteiger partial charge in [0, 0.05) is 18.5 Å². The van der Waals surface area contributed by atoms with Crippen LogP contribution in [-0.2, 0) is 4.74 Å². The standard InChI is InChI=1S/C15H29NO2/c1-6-8-10-15(9-7-2)11-16(12-15)13(17)18-14(3,4)5/h6-12H2,1-5H3. The highest BCUT2D eigenvalue weighted by Crippen LogP contribution is 2.40. The minimum atomic E-state index is -0.385. The Morgan fingerprint density at radius 1 is 1.17 bits per heavy atom. The van der Waals surface area contributed by atoms with Gasteiger partial charge in [0.05, 0.1) is 0 Å². The molecular weight excluding hydrogens is 226 g/mol. The minimum absolute atomic E-state index is 0.147. The van der Waals surface area contributed by atoms with Crippen molar-refractivity contribution < 1.29 is 9.53 Å². The van der Waals surface area contributed by atoms with E-state index >= 15 is 0 Å². The summed E-state index contributed by atoms with van der Waals surface area (Å²) in [6.07, 6.45) is 6.03. The Labute approximate surface area is 112 Å². The molecule has 0 spiro atoms. The van der Waals surface area contributed by atoms with E-state index in [2.05, 4.69) is 13.8 Å². The van der Waals surface area contributed by atoms with Gasteiger partial charge in [-0.2, -0.15) is 0 Å². The Hall–Kier alpha value is -0.730. The summed E-state index contributed by atoms with van der Waals surface area (Å²) in [6.45, 7) is 12.0. The summed E-state index contributed by atoms with van der Waals surface area (Å²) < 4.78 is 5.40. The van der Waals surface area contributed by atoms with Crippen molar-refractivity contribution in [1.82, 2.24) is 4.90 Å². The van der Waals surface area contributed by atoms with Crippen LogP contribution in [0.4, 0.5) is 4.79 Å². The van der Waals surface area contributed by atoms with Crippen molar-refractivity contribution in [2.45, 2.75) is 72.3 Å². The first kappa shape index (κ1) is 15.3. The van der Waals surface area contributed by atoms with Gasteiger partial charge in [0.1, 0.15) is 5.60 Å². The molecule has 0 radical (unpaired) electrons. The van der Waals surface area contributed by atoms with Crippen molar-refractivity contribution >= 4 is 6.09 Å². The highest BCUT2D eigenvalue weighted by atomic mass is 16.6. The molecule has 1 fully saturated rings. The molecule has 3 nitrogen and oxygen atoms in total. The van der Waals surface area contributed by atoms with Gasteiger partial charge in [-0.1, -0.05) is 33.1 Å². The van der Waals surface area contributed by atoms with Crippen LogP contribution < -0.4 is 0 Å². The van der Waals surface area contributed by atoms with E-state index < -0.39 is 0 Å². The summed E-state index contributed by atoms with van der Waals surface area (Å²) in [6, 6.07) is 0. The zero-order valence-electron chi connectivity index (χ0n) is 12.7. The van der Waals surface area contributed by atoms with Crippen LogP contribution >= 0.6 is 0 Å². The highest BCUT2D eigenvalue weighted by Gasteiger charge is 2.44. The fourth-order valence-electron chi connectivity index (χ4n) is 2.74. The number of nitrogens with zero attached hydrogens (tertiary/aromatic N) is 1. The largest absolute Gasteiger partial charge is 0.444 e. The predicted molar refractivity (Wildman–Crippen MR) is 74.7 cm³/mol. The molecule has 0 bridgehead atoms. The Morgan fingerprint density at radius 3 is 2.22 bits per heavy atom. The Morgan fingerprint density at radius 2 is 1.78 bits per heavy atom. The number of unbranched alkanes of at least 4 members (excludes halogenated alkanes) is 1. The van der Waals surface area contributed by atoms with Crippen molar-refractivity contribution in [3.8, 4) is 0 Å². The van der Waals surface area contributed by atoms with Crippen molar-refractivity contribution in [3.63, 3.8) is 0 Å². The molecule has 0 aromatic carbocycles. The van der Waals surface area contributed by atoms with Crippen LogP contribution in [0.25, 0.3) is 0 Å². The molecule has 106 valence electrons. The van der Waals surface area contributed by atoms with E-state index in [1.807, 2.05) is 25.7 Å². The molecular formula is C15H29NO2. The van der Waals surface area contributed by atoms with Gasteiger partial charge < -0.3 is 9.64 Å². The summed E-state index contributed by atoms with van der Waals surface area (Å²) in [7, 11) is 0. The van der Waals surface area contributed by atoms with E-state index in [1.54, 1.807) is 0 Å². The van der Waals surface area contributed by atoms with Crippen LogP contribution in [-0.4, -0.2) is 29.7 Å². The minimum Gasteiger partial charge on any atom is -0.444 e. The van der Waals surface area contributed by atoms with E-state index in [0.717, 1.165) is 13.1 Å². The molecule has 1 aliphatic rings. The lowest BCUT2D eigenvalue weighted by Crippen LogP contribution is -2.59.